The molecule has 2 aromatic carbocycles. The van der Waals surface area contributed by atoms with Crippen molar-refractivity contribution in [2.24, 2.45) is 0 Å². The van der Waals surface area contributed by atoms with E-state index in [9.17, 15) is 8.42 Å². The van der Waals surface area contributed by atoms with Crippen LogP contribution in [-0.2, 0) is 10.0 Å². The number of sulfonamides is 1. The molecule has 0 aliphatic heterocycles. The number of aromatic nitrogens is 2. The van der Waals surface area contributed by atoms with Gasteiger partial charge in [-0.1, -0.05) is 36.4 Å². The van der Waals surface area contributed by atoms with E-state index in [2.05, 4.69) is 9.82 Å². The largest absolute Gasteiger partial charge is 0.279 e. The average Bonchev–Trinajstić information content (AvgIpc) is 2.98. The number of hydrogen-bond acceptors (Lipinski definition) is 3. The van der Waals surface area contributed by atoms with E-state index < -0.39 is 10.0 Å². The van der Waals surface area contributed by atoms with Crippen molar-refractivity contribution in [1.29, 1.82) is 0 Å². The van der Waals surface area contributed by atoms with Crippen LogP contribution in [0.15, 0.2) is 59.8 Å². The molecule has 114 valence electrons. The first-order valence-electron chi connectivity index (χ1n) is 7.02. The van der Waals surface area contributed by atoms with Gasteiger partial charge in [0, 0.05) is 17.6 Å². The standard InChI is InChI=1S/C16H17N3O2S/c1-12(2)19-11-14(10-17-19)22(20,21)18-16-9-5-7-13-6-3-4-8-15(13)16/h3-12,18H,1-2H3. The number of anilines is 1. The second-order valence-electron chi connectivity index (χ2n) is 5.38. The summed E-state index contributed by atoms with van der Waals surface area (Å²) in [5, 5.41) is 5.94. The Morgan fingerprint density at radius 2 is 1.82 bits per heavy atom. The van der Waals surface area contributed by atoms with Crippen LogP contribution < -0.4 is 4.72 Å². The summed E-state index contributed by atoms with van der Waals surface area (Å²) in [7, 11) is -3.65. The van der Waals surface area contributed by atoms with Crippen LogP contribution in [0.25, 0.3) is 10.8 Å². The van der Waals surface area contributed by atoms with Gasteiger partial charge in [0.1, 0.15) is 4.90 Å². The van der Waals surface area contributed by atoms with Gasteiger partial charge in [-0.25, -0.2) is 8.42 Å². The van der Waals surface area contributed by atoms with Gasteiger partial charge < -0.3 is 0 Å². The smallest absolute Gasteiger partial charge is 0.265 e. The zero-order chi connectivity index (χ0) is 15.7. The highest BCUT2D eigenvalue weighted by molar-refractivity contribution is 7.92. The van der Waals surface area contributed by atoms with Crippen molar-refractivity contribution in [2.45, 2.75) is 24.8 Å². The lowest BCUT2D eigenvalue weighted by atomic mass is 10.1. The van der Waals surface area contributed by atoms with Gasteiger partial charge in [-0.2, -0.15) is 5.10 Å². The molecule has 0 radical (unpaired) electrons. The summed E-state index contributed by atoms with van der Waals surface area (Å²) >= 11 is 0. The van der Waals surface area contributed by atoms with Crippen molar-refractivity contribution in [3.63, 3.8) is 0 Å². The molecule has 0 amide bonds. The van der Waals surface area contributed by atoms with Gasteiger partial charge in [0.05, 0.1) is 11.9 Å². The molecular weight excluding hydrogens is 298 g/mol. The Hall–Kier alpha value is -2.34. The highest BCUT2D eigenvalue weighted by Gasteiger charge is 2.18. The van der Waals surface area contributed by atoms with Crippen molar-refractivity contribution in [3.05, 3.63) is 54.9 Å². The Morgan fingerprint density at radius 1 is 1.09 bits per heavy atom. The SMILES string of the molecule is CC(C)n1cc(S(=O)(=O)Nc2cccc3ccccc23)cn1. The minimum Gasteiger partial charge on any atom is -0.279 e. The molecule has 0 saturated carbocycles. The Labute approximate surface area is 129 Å². The van der Waals surface area contributed by atoms with Gasteiger partial charge in [-0.15, -0.1) is 0 Å². The first-order chi connectivity index (χ1) is 10.5. The van der Waals surface area contributed by atoms with Crippen molar-refractivity contribution >= 4 is 26.5 Å². The van der Waals surface area contributed by atoms with E-state index in [1.54, 1.807) is 10.7 Å². The molecule has 6 heteroatoms. The predicted molar refractivity (Wildman–Crippen MR) is 87.4 cm³/mol. The molecule has 0 aliphatic carbocycles. The van der Waals surface area contributed by atoms with Crippen molar-refractivity contribution < 1.29 is 8.42 Å². The summed E-state index contributed by atoms with van der Waals surface area (Å²) in [6.45, 7) is 3.89. The minimum atomic E-state index is -3.65. The fraction of sp³-hybridized carbons (Fsp3) is 0.188. The molecule has 3 aromatic rings. The number of rotatable bonds is 4. The summed E-state index contributed by atoms with van der Waals surface area (Å²) in [5.74, 6) is 0. The van der Waals surface area contributed by atoms with Crippen LogP contribution in [0, 0.1) is 0 Å². The Morgan fingerprint density at radius 3 is 2.55 bits per heavy atom. The summed E-state index contributed by atoms with van der Waals surface area (Å²) in [5.41, 5.74) is 0.565. The van der Waals surface area contributed by atoms with Crippen molar-refractivity contribution in [2.75, 3.05) is 4.72 Å². The summed E-state index contributed by atoms with van der Waals surface area (Å²) in [6, 6.07) is 13.3. The quantitative estimate of drug-likeness (QED) is 0.802. The first kappa shape index (κ1) is 14.6. The van der Waals surface area contributed by atoms with E-state index in [-0.39, 0.29) is 10.9 Å². The fourth-order valence-electron chi connectivity index (χ4n) is 2.26. The molecule has 3 rings (SSSR count). The van der Waals surface area contributed by atoms with E-state index in [4.69, 9.17) is 0 Å². The highest BCUT2D eigenvalue weighted by atomic mass is 32.2. The van der Waals surface area contributed by atoms with Crippen LogP contribution in [0.1, 0.15) is 19.9 Å². The topological polar surface area (TPSA) is 64.0 Å². The van der Waals surface area contributed by atoms with Gasteiger partial charge in [-0.3, -0.25) is 9.40 Å². The number of hydrogen-bond donors (Lipinski definition) is 1. The lowest BCUT2D eigenvalue weighted by molar-refractivity contribution is 0.531. The average molecular weight is 315 g/mol. The lowest BCUT2D eigenvalue weighted by Gasteiger charge is -2.09. The molecule has 5 nitrogen and oxygen atoms in total. The molecule has 0 atom stereocenters. The van der Waals surface area contributed by atoms with E-state index in [0.717, 1.165) is 10.8 Å². The summed E-state index contributed by atoms with van der Waals surface area (Å²) in [6.07, 6.45) is 2.91. The molecule has 1 N–H and O–H groups in total. The van der Waals surface area contributed by atoms with Gasteiger partial charge in [0.2, 0.25) is 0 Å². The molecule has 1 aromatic heterocycles. The maximum atomic E-state index is 12.5. The fourth-order valence-corrected chi connectivity index (χ4v) is 3.28. The van der Waals surface area contributed by atoms with Crippen molar-refractivity contribution in [3.8, 4) is 0 Å². The van der Waals surface area contributed by atoms with E-state index >= 15 is 0 Å². The van der Waals surface area contributed by atoms with E-state index in [1.165, 1.54) is 12.4 Å². The van der Waals surface area contributed by atoms with Crippen LogP contribution in [0.2, 0.25) is 0 Å². The molecule has 0 bridgehead atoms. The Balaban J connectivity index is 1.99. The molecule has 0 spiro atoms. The third-order valence-electron chi connectivity index (χ3n) is 3.45. The van der Waals surface area contributed by atoms with Gasteiger partial charge in [0.25, 0.3) is 10.0 Å². The number of nitrogens with zero attached hydrogens (tertiary/aromatic N) is 2. The molecule has 1 heterocycles. The maximum Gasteiger partial charge on any atom is 0.265 e. The molecule has 0 saturated heterocycles. The zero-order valence-corrected chi connectivity index (χ0v) is 13.2. The van der Waals surface area contributed by atoms with Gasteiger partial charge in [0.15, 0.2) is 0 Å². The Bertz CT molecular complexity index is 909. The van der Waals surface area contributed by atoms with E-state index in [0.29, 0.717) is 5.69 Å². The third-order valence-corrected chi connectivity index (χ3v) is 4.77. The summed E-state index contributed by atoms with van der Waals surface area (Å²) < 4.78 is 29.3. The van der Waals surface area contributed by atoms with Gasteiger partial charge >= 0.3 is 0 Å². The van der Waals surface area contributed by atoms with Crippen LogP contribution in [-0.4, -0.2) is 18.2 Å². The Kier molecular flexibility index (Phi) is 3.62. The minimum absolute atomic E-state index is 0.113. The molecule has 22 heavy (non-hydrogen) atoms. The monoisotopic (exact) mass is 315 g/mol. The molecule has 0 unspecified atom stereocenters. The molecular formula is C16H17N3O2S. The van der Waals surface area contributed by atoms with Crippen LogP contribution in [0.5, 0.6) is 0 Å². The van der Waals surface area contributed by atoms with Crippen LogP contribution >= 0.6 is 0 Å². The van der Waals surface area contributed by atoms with Crippen LogP contribution in [0.4, 0.5) is 5.69 Å². The predicted octanol–water partition coefficient (Wildman–Crippen LogP) is 3.42. The molecule has 0 aliphatic rings. The summed E-state index contributed by atoms with van der Waals surface area (Å²) in [4.78, 5) is 0.161. The van der Waals surface area contributed by atoms with Gasteiger partial charge in [-0.05, 0) is 25.3 Å². The van der Waals surface area contributed by atoms with Crippen molar-refractivity contribution in [1.82, 2.24) is 9.78 Å². The second kappa shape index (κ2) is 5.46. The highest BCUT2D eigenvalue weighted by Crippen LogP contribution is 2.25. The lowest BCUT2D eigenvalue weighted by Crippen LogP contribution is -2.12. The zero-order valence-electron chi connectivity index (χ0n) is 12.4. The normalized spacial score (nSPS) is 12.0. The second-order valence-corrected chi connectivity index (χ2v) is 7.06. The number of fused-ring (bicyclic) bond motifs is 1. The number of nitrogens with one attached hydrogen (secondary N) is 1. The maximum absolute atomic E-state index is 12.5. The molecule has 0 fully saturated rings. The number of benzene rings is 2. The first-order valence-corrected chi connectivity index (χ1v) is 8.50. The van der Waals surface area contributed by atoms with Crippen LogP contribution in [0.3, 0.4) is 0 Å². The third kappa shape index (κ3) is 2.69. The van der Waals surface area contributed by atoms with E-state index in [1.807, 2.05) is 50.2 Å².